The van der Waals surface area contributed by atoms with E-state index in [1.54, 1.807) is 24.4 Å². The highest BCUT2D eigenvalue weighted by molar-refractivity contribution is 7.80. The summed E-state index contributed by atoms with van der Waals surface area (Å²) in [5, 5.41) is 13.5. The van der Waals surface area contributed by atoms with Crippen LogP contribution in [-0.4, -0.2) is 25.7 Å². The van der Waals surface area contributed by atoms with E-state index in [2.05, 4.69) is 15.2 Å². The summed E-state index contributed by atoms with van der Waals surface area (Å²) < 4.78 is 2.01. The average Bonchev–Trinajstić information content (AvgIpc) is 3.44. The van der Waals surface area contributed by atoms with E-state index in [0.717, 1.165) is 22.8 Å². The fourth-order valence-corrected chi connectivity index (χ4v) is 4.53. The van der Waals surface area contributed by atoms with Gasteiger partial charge in [0, 0.05) is 29.5 Å². The molecule has 1 saturated heterocycles. The molecule has 1 aliphatic heterocycles. The van der Waals surface area contributed by atoms with Crippen molar-refractivity contribution in [1.29, 1.82) is 0 Å². The number of benzene rings is 2. The minimum Gasteiger partial charge on any atom is -0.478 e. The van der Waals surface area contributed by atoms with Crippen LogP contribution < -0.4 is 10.2 Å². The van der Waals surface area contributed by atoms with Crippen molar-refractivity contribution in [3.63, 3.8) is 0 Å². The number of nitrogens with zero attached hydrogens (tertiary/aromatic N) is 3. The van der Waals surface area contributed by atoms with Gasteiger partial charge >= 0.3 is 5.97 Å². The Balaban J connectivity index is 1.66. The van der Waals surface area contributed by atoms with Gasteiger partial charge in [-0.25, -0.2) is 4.79 Å². The molecule has 1 aliphatic rings. The van der Waals surface area contributed by atoms with Gasteiger partial charge in [-0.3, -0.25) is 4.98 Å². The lowest BCUT2D eigenvalue weighted by atomic mass is 10.0. The first-order chi connectivity index (χ1) is 15.6. The van der Waals surface area contributed by atoms with Crippen molar-refractivity contribution >= 4 is 29.0 Å². The third-order valence-electron chi connectivity index (χ3n) is 5.59. The Morgan fingerprint density at radius 1 is 0.938 bits per heavy atom. The van der Waals surface area contributed by atoms with E-state index in [1.807, 2.05) is 77.5 Å². The molecule has 2 unspecified atom stereocenters. The Kier molecular flexibility index (Phi) is 5.17. The fraction of sp³-hybridized carbons (Fsp3) is 0.0800. The highest BCUT2D eigenvalue weighted by Gasteiger charge is 2.42. The quantitative estimate of drug-likeness (QED) is 0.437. The molecular formula is C25H20N4O2S. The highest BCUT2D eigenvalue weighted by atomic mass is 32.1. The van der Waals surface area contributed by atoms with Crippen molar-refractivity contribution in [1.82, 2.24) is 14.9 Å². The second-order valence-electron chi connectivity index (χ2n) is 7.49. The van der Waals surface area contributed by atoms with Gasteiger partial charge in [-0.15, -0.1) is 0 Å². The van der Waals surface area contributed by atoms with Crippen LogP contribution in [0.25, 0.3) is 5.69 Å². The maximum absolute atomic E-state index is 11.5. The number of nitrogens with one attached hydrogen (secondary N) is 1. The van der Waals surface area contributed by atoms with Gasteiger partial charge in [-0.1, -0.05) is 30.3 Å². The molecule has 0 amide bonds. The lowest BCUT2D eigenvalue weighted by molar-refractivity contribution is 0.0697. The zero-order valence-corrected chi connectivity index (χ0v) is 17.8. The predicted octanol–water partition coefficient (Wildman–Crippen LogP) is 4.75. The number of carboxylic acids is 1. The Hall–Kier alpha value is -3.97. The molecule has 6 nitrogen and oxygen atoms in total. The second kappa shape index (κ2) is 8.28. The van der Waals surface area contributed by atoms with E-state index in [1.165, 1.54) is 0 Å². The first kappa shape index (κ1) is 20.0. The largest absolute Gasteiger partial charge is 0.478 e. The second-order valence-corrected chi connectivity index (χ2v) is 7.88. The van der Waals surface area contributed by atoms with Crippen LogP contribution in [0.2, 0.25) is 0 Å². The summed E-state index contributed by atoms with van der Waals surface area (Å²) in [5.41, 5.74) is 3.84. The molecule has 0 spiro atoms. The molecule has 3 heterocycles. The normalized spacial score (nSPS) is 17.9. The Bertz CT molecular complexity index is 1270. The number of carboxylic acid groups (broad SMARTS) is 1. The summed E-state index contributed by atoms with van der Waals surface area (Å²) in [4.78, 5) is 18.2. The minimum absolute atomic E-state index is 0.180. The SMILES string of the molecule is O=C(O)c1cccc(-n2cccc2C2C(c3ccccn3)NC(=S)N2c2ccccc2)c1. The van der Waals surface area contributed by atoms with Crippen molar-refractivity contribution in [2.24, 2.45) is 0 Å². The molecule has 5 rings (SSSR count). The molecule has 0 radical (unpaired) electrons. The third-order valence-corrected chi connectivity index (χ3v) is 5.90. The van der Waals surface area contributed by atoms with Crippen molar-refractivity contribution in [2.45, 2.75) is 12.1 Å². The fourth-order valence-electron chi connectivity index (χ4n) is 4.18. The summed E-state index contributed by atoms with van der Waals surface area (Å²) in [6.07, 6.45) is 3.72. The number of pyridine rings is 1. The Morgan fingerprint density at radius 3 is 2.47 bits per heavy atom. The molecule has 32 heavy (non-hydrogen) atoms. The summed E-state index contributed by atoms with van der Waals surface area (Å²) in [6, 6.07) is 26.4. The lowest BCUT2D eigenvalue weighted by Gasteiger charge is -2.29. The van der Waals surface area contributed by atoms with E-state index in [9.17, 15) is 9.90 Å². The molecule has 2 atom stereocenters. The zero-order valence-electron chi connectivity index (χ0n) is 17.0. The van der Waals surface area contributed by atoms with Gasteiger partial charge in [-0.2, -0.15) is 0 Å². The smallest absolute Gasteiger partial charge is 0.335 e. The molecule has 1 fully saturated rings. The van der Waals surface area contributed by atoms with E-state index < -0.39 is 5.97 Å². The molecule has 0 bridgehead atoms. The molecule has 2 aromatic heterocycles. The van der Waals surface area contributed by atoms with Crippen LogP contribution in [0, 0.1) is 0 Å². The standard InChI is InChI=1S/C25H20N4O2S/c30-24(31)17-8-6-11-19(16-17)28-15-7-13-21(28)23-22(20-12-4-5-14-26-20)27-25(32)29(23)18-9-2-1-3-10-18/h1-16,22-23H,(H,27,32)(H,30,31). The van der Waals surface area contributed by atoms with Gasteiger partial charge in [0.2, 0.25) is 0 Å². The molecule has 158 valence electrons. The lowest BCUT2D eigenvalue weighted by Crippen LogP contribution is -2.30. The minimum atomic E-state index is -0.957. The van der Waals surface area contributed by atoms with Crippen molar-refractivity contribution < 1.29 is 9.90 Å². The van der Waals surface area contributed by atoms with Gasteiger partial charge in [0.1, 0.15) is 6.04 Å². The average molecular weight is 441 g/mol. The first-order valence-electron chi connectivity index (χ1n) is 10.2. The van der Waals surface area contributed by atoms with E-state index in [0.29, 0.717) is 5.11 Å². The Morgan fingerprint density at radius 2 is 1.72 bits per heavy atom. The summed E-state index contributed by atoms with van der Waals surface area (Å²) in [5.74, 6) is -0.957. The highest BCUT2D eigenvalue weighted by Crippen LogP contribution is 2.42. The van der Waals surface area contributed by atoms with E-state index >= 15 is 0 Å². The molecule has 2 aromatic carbocycles. The molecule has 7 heteroatoms. The van der Waals surface area contributed by atoms with Gasteiger partial charge in [0.05, 0.1) is 17.3 Å². The number of aromatic carboxylic acids is 1. The van der Waals surface area contributed by atoms with Crippen LogP contribution >= 0.6 is 12.2 Å². The van der Waals surface area contributed by atoms with Crippen molar-refractivity contribution in [3.05, 3.63) is 114 Å². The van der Waals surface area contributed by atoms with Crippen LogP contribution in [0.1, 0.15) is 33.8 Å². The number of carbonyl (C=O) groups is 1. The number of rotatable bonds is 5. The van der Waals surface area contributed by atoms with Crippen molar-refractivity contribution in [3.8, 4) is 5.69 Å². The van der Waals surface area contributed by atoms with Crippen molar-refractivity contribution in [2.75, 3.05) is 4.90 Å². The molecule has 0 aliphatic carbocycles. The maximum Gasteiger partial charge on any atom is 0.335 e. The summed E-state index contributed by atoms with van der Waals surface area (Å²) in [6.45, 7) is 0. The maximum atomic E-state index is 11.5. The number of hydrogen-bond acceptors (Lipinski definition) is 3. The molecular weight excluding hydrogens is 420 g/mol. The van der Waals surface area contributed by atoms with Crippen LogP contribution in [0.15, 0.2) is 97.3 Å². The predicted molar refractivity (Wildman–Crippen MR) is 127 cm³/mol. The monoisotopic (exact) mass is 440 g/mol. The number of thiocarbonyl (C=S) groups is 1. The number of aromatic nitrogens is 2. The number of hydrogen-bond donors (Lipinski definition) is 2. The van der Waals surface area contributed by atoms with Crippen LogP contribution in [0.4, 0.5) is 5.69 Å². The molecule has 4 aromatic rings. The summed E-state index contributed by atoms with van der Waals surface area (Å²) in [7, 11) is 0. The molecule has 0 saturated carbocycles. The van der Waals surface area contributed by atoms with Gasteiger partial charge in [0.25, 0.3) is 0 Å². The topological polar surface area (TPSA) is 70.4 Å². The first-order valence-corrected chi connectivity index (χ1v) is 10.6. The molecule has 2 N–H and O–H groups in total. The van der Waals surface area contributed by atoms with Gasteiger partial charge in [0.15, 0.2) is 5.11 Å². The van der Waals surface area contributed by atoms with Crippen LogP contribution in [-0.2, 0) is 0 Å². The number of anilines is 1. The third kappa shape index (κ3) is 3.52. The zero-order chi connectivity index (χ0) is 22.1. The van der Waals surface area contributed by atoms with Crippen LogP contribution in [0.3, 0.4) is 0 Å². The summed E-state index contributed by atoms with van der Waals surface area (Å²) >= 11 is 5.77. The van der Waals surface area contributed by atoms with Gasteiger partial charge in [-0.05, 0) is 66.8 Å². The number of para-hydroxylation sites is 1. The van der Waals surface area contributed by atoms with E-state index in [4.69, 9.17) is 12.2 Å². The Labute approximate surface area is 190 Å². The van der Waals surface area contributed by atoms with Gasteiger partial charge < -0.3 is 19.9 Å². The van der Waals surface area contributed by atoms with Crippen LogP contribution in [0.5, 0.6) is 0 Å². The van der Waals surface area contributed by atoms with E-state index in [-0.39, 0.29) is 17.6 Å².